The largest absolute Gasteiger partial charge is 0.478 e. The molecule has 2 fully saturated rings. The second-order valence-corrected chi connectivity index (χ2v) is 10.1. The van der Waals surface area contributed by atoms with E-state index in [2.05, 4.69) is 25.1 Å². The molecule has 9 nitrogen and oxygen atoms in total. The maximum atomic E-state index is 13.0. The highest BCUT2D eigenvalue weighted by Crippen LogP contribution is 2.34. The Balaban J connectivity index is 1.37. The molecule has 2 atom stereocenters. The summed E-state index contributed by atoms with van der Waals surface area (Å²) in [5.74, 6) is -0.936. The molecular formula is C23H27ClN6O3S. The maximum Gasteiger partial charge on any atom is 0.337 e. The minimum absolute atomic E-state index is 0.0280. The van der Waals surface area contributed by atoms with Gasteiger partial charge < -0.3 is 20.3 Å². The Hall–Kier alpha value is -2.69. The number of likely N-dealkylation sites (tertiary alicyclic amines) is 1. The minimum atomic E-state index is -0.943. The molecule has 0 bridgehead atoms. The smallest absolute Gasteiger partial charge is 0.337 e. The van der Waals surface area contributed by atoms with Crippen molar-refractivity contribution in [2.75, 3.05) is 31.1 Å². The SMILES string of the molecule is CCc1[nH]c(C(=O)N[C@@H]2CCN(c3nc4cccc(C(=O)O)c4s3)CC2N2CCCC2)nc1Cl. The van der Waals surface area contributed by atoms with Crippen molar-refractivity contribution in [1.82, 2.24) is 25.2 Å². The average molecular weight is 503 g/mol. The number of carbonyl (C=O) groups is 2. The number of aryl methyl sites for hydroxylation is 1. The third-order valence-corrected chi connectivity index (χ3v) is 8.19. The van der Waals surface area contributed by atoms with Crippen molar-refractivity contribution in [3.8, 4) is 0 Å². The van der Waals surface area contributed by atoms with E-state index in [1.54, 1.807) is 12.1 Å². The fourth-order valence-corrected chi connectivity index (χ4v) is 6.29. The van der Waals surface area contributed by atoms with Crippen molar-refractivity contribution in [1.29, 1.82) is 0 Å². The number of nitrogens with one attached hydrogen (secondary N) is 2. The molecule has 0 saturated carbocycles. The van der Waals surface area contributed by atoms with Crippen LogP contribution in [0.4, 0.5) is 5.13 Å². The van der Waals surface area contributed by atoms with Crippen LogP contribution in [-0.2, 0) is 6.42 Å². The van der Waals surface area contributed by atoms with Gasteiger partial charge in [-0.2, -0.15) is 0 Å². The summed E-state index contributed by atoms with van der Waals surface area (Å²) >= 11 is 7.56. The molecular weight excluding hydrogens is 476 g/mol. The number of halogens is 1. The van der Waals surface area contributed by atoms with Gasteiger partial charge in [-0.15, -0.1) is 0 Å². The number of H-pyrrole nitrogens is 1. The van der Waals surface area contributed by atoms with Crippen molar-refractivity contribution in [3.05, 3.63) is 40.4 Å². The standard InChI is InChI=1S/C23H27ClN6O3S/c1-2-14-19(24)28-20(25-14)21(31)26-15-8-11-30(12-17(15)29-9-3-4-10-29)23-27-16-7-5-6-13(22(32)33)18(16)34-23/h5-7,15,17H,2-4,8-12H2,1H3,(H,25,28)(H,26,31)(H,32,33)/t15-,17?/m1/s1. The minimum Gasteiger partial charge on any atom is -0.478 e. The van der Waals surface area contributed by atoms with Gasteiger partial charge in [-0.1, -0.05) is 35.9 Å². The van der Waals surface area contributed by atoms with Crippen LogP contribution in [0.1, 0.15) is 52.9 Å². The van der Waals surface area contributed by atoms with Crippen molar-refractivity contribution >= 4 is 50.2 Å². The Kier molecular flexibility index (Phi) is 6.46. The predicted octanol–water partition coefficient (Wildman–Crippen LogP) is 3.41. The Bertz CT molecular complexity index is 1220. The highest BCUT2D eigenvalue weighted by molar-refractivity contribution is 7.22. The first-order valence-corrected chi connectivity index (χ1v) is 12.8. The van der Waals surface area contributed by atoms with E-state index in [1.807, 2.05) is 13.0 Å². The van der Waals surface area contributed by atoms with Gasteiger partial charge in [0.25, 0.3) is 5.91 Å². The highest BCUT2D eigenvalue weighted by Gasteiger charge is 2.37. The maximum absolute atomic E-state index is 13.0. The molecule has 2 saturated heterocycles. The molecule has 0 spiro atoms. The quantitative estimate of drug-likeness (QED) is 0.473. The number of aromatic amines is 1. The number of benzene rings is 1. The van der Waals surface area contributed by atoms with Crippen molar-refractivity contribution in [2.24, 2.45) is 0 Å². The van der Waals surface area contributed by atoms with Crippen LogP contribution in [-0.4, -0.2) is 75.1 Å². The van der Waals surface area contributed by atoms with Gasteiger partial charge in [0, 0.05) is 25.2 Å². The summed E-state index contributed by atoms with van der Waals surface area (Å²) in [5.41, 5.74) is 1.74. The number of hydrogen-bond donors (Lipinski definition) is 3. The zero-order chi connectivity index (χ0) is 23.8. The second kappa shape index (κ2) is 9.52. The van der Waals surface area contributed by atoms with Gasteiger partial charge in [0.2, 0.25) is 0 Å². The number of aromatic nitrogens is 3. The van der Waals surface area contributed by atoms with Crippen LogP contribution in [0.15, 0.2) is 18.2 Å². The summed E-state index contributed by atoms with van der Waals surface area (Å²) in [5, 5.41) is 13.9. The zero-order valence-electron chi connectivity index (χ0n) is 18.9. The van der Waals surface area contributed by atoms with Gasteiger partial charge in [0.05, 0.1) is 21.5 Å². The summed E-state index contributed by atoms with van der Waals surface area (Å²) in [6, 6.07) is 5.30. The van der Waals surface area contributed by atoms with Crippen LogP contribution in [0.3, 0.4) is 0 Å². The molecule has 180 valence electrons. The van der Waals surface area contributed by atoms with Gasteiger partial charge >= 0.3 is 5.97 Å². The van der Waals surface area contributed by atoms with Crippen LogP contribution >= 0.6 is 22.9 Å². The molecule has 2 aliphatic rings. The molecule has 34 heavy (non-hydrogen) atoms. The Morgan fingerprint density at radius 3 is 2.76 bits per heavy atom. The second-order valence-electron chi connectivity index (χ2n) is 8.79. The van der Waals surface area contributed by atoms with Gasteiger partial charge in [-0.25, -0.2) is 14.8 Å². The van der Waals surface area contributed by atoms with Crippen molar-refractivity contribution in [2.45, 2.75) is 44.7 Å². The molecule has 5 rings (SSSR count). The Morgan fingerprint density at radius 2 is 2.06 bits per heavy atom. The molecule has 0 aliphatic carbocycles. The van der Waals surface area contributed by atoms with E-state index in [0.717, 1.165) is 49.7 Å². The van der Waals surface area contributed by atoms with Gasteiger partial charge in [0.1, 0.15) is 0 Å². The van der Waals surface area contributed by atoms with Crippen LogP contribution in [0.2, 0.25) is 5.15 Å². The molecule has 2 aliphatic heterocycles. The fraction of sp³-hybridized carbons (Fsp3) is 0.478. The number of anilines is 1. The van der Waals surface area contributed by atoms with Gasteiger partial charge in [-0.3, -0.25) is 9.69 Å². The number of piperidine rings is 1. The number of carbonyl (C=O) groups excluding carboxylic acids is 1. The summed E-state index contributed by atoms with van der Waals surface area (Å²) < 4.78 is 0.694. The first-order chi connectivity index (χ1) is 16.4. The van der Waals surface area contributed by atoms with E-state index < -0.39 is 5.97 Å². The van der Waals surface area contributed by atoms with Crippen LogP contribution in [0, 0.1) is 0 Å². The number of carboxylic acids is 1. The van der Waals surface area contributed by atoms with E-state index in [-0.39, 0.29) is 29.4 Å². The number of rotatable bonds is 6. The fourth-order valence-electron chi connectivity index (χ4n) is 4.92. The normalized spacial score (nSPS) is 21.3. The van der Waals surface area contributed by atoms with E-state index in [1.165, 1.54) is 11.3 Å². The summed E-state index contributed by atoms with van der Waals surface area (Å²) in [6.07, 6.45) is 3.73. The van der Waals surface area contributed by atoms with Crippen LogP contribution < -0.4 is 10.2 Å². The number of amides is 1. The molecule has 11 heteroatoms. The molecule has 0 radical (unpaired) electrons. The number of nitrogens with zero attached hydrogens (tertiary/aromatic N) is 4. The highest BCUT2D eigenvalue weighted by atomic mass is 35.5. The lowest BCUT2D eigenvalue weighted by Crippen LogP contribution is -2.60. The molecule has 1 amide bonds. The lowest BCUT2D eigenvalue weighted by Gasteiger charge is -2.43. The van der Waals surface area contributed by atoms with E-state index in [9.17, 15) is 14.7 Å². The summed E-state index contributed by atoms with van der Waals surface area (Å²) in [4.78, 5) is 41.2. The van der Waals surface area contributed by atoms with E-state index in [4.69, 9.17) is 16.6 Å². The topological polar surface area (TPSA) is 114 Å². The average Bonchev–Trinajstić information content (AvgIpc) is 3.58. The number of carboxylic acid groups (broad SMARTS) is 1. The molecule has 3 aromatic rings. The van der Waals surface area contributed by atoms with Crippen molar-refractivity contribution in [3.63, 3.8) is 0 Å². The molecule has 1 unspecified atom stereocenters. The van der Waals surface area contributed by atoms with Crippen molar-refractivity contribution < 1.29 is 14.7 Å². The van der Waals surface area contributed by atoms with E-state index >= 15 is 0 Å². The third-order valence-electron chi connectivity index (χ3n) is 6.71. The number of fused-ring (bicyclic) bond motifs is 1. The number of imidazole rings is 1. The zero-order valence-corrected chi connectivity index (χ0v) is 20.5. The Morgan fingerprint density at radius 1 is 1.26 bits per heavy atom. The van der Waals surface area contributed by atoms with E-state index in [0.29, 0.717) is 28.3 Å². The monoisotopic (exact) mass is 502 g/mol. The lowest BCUT2D eigenvalue weighted by molar-refractivity contribution is 0.0698. The molecule has 2 aromatic heterocycles. The molecule has 1 aromatic carbocycles. The third kappa shape index (κ3) is 4.37. The van der Waals surface area contributed by atoms with Crippen LogP contribution in [0.25, 0.3) is 10.2 Å². The lowest BCUT2D eigenvalue weighted by atomic mass is 9.98. The molecule has 3 N–H and O–H groups in total. The number of thiazole rings is 1. The number of hydrogen-bond acceptors (Lipinski definition) is 7. The molecule has 4 heterocycles. The number of aromatic carboxylic acids is 1. The van der Waals surface area contributed by atoms with Crippen LogP contribution in [0.5, 0.6) is 0 Å². The predicted molar refractivity (Wildman–Crippen MR) is 132 cm³/mol. The Labute approximate surface area is 206 Å². The summed E-state index contributed by atoms with van der Waals surface area (Å²) in [7, 11) is 0. The van der Waals surface area contributed by atoms with Gasteiger partial charge in [0.15, 0.2) is 16.1 Å². The van der Waals surface area contributed by atoms with Gasteiger partial charge in [-0.05, 0) is 50.9 Å². The first-order valence-electron chi connectivity index (χ1n) is 11.6. The first kappa shape index (κ1) is 23.1. The summed E-state index contributed by atoms with van der Waals surface area (Å²) in [6.45, 7) is 5.39.